The summed E-state index contributed by atoms with van der Waals surface area (Å²) in [5, 5.41) is 37.4. The van der Waals surface area contributed by atoms with Crippen LogP contribution in [0.1, 0.15) is 84.1 Å². The van der Waals surface area contributed by atoms with Gasteiger partial charge in [-0.05, 0) is 122 Å². The molecule has 1 aromatic carbocycles. The molecule has 11 atom stereocenters. The van der Waals surface area contributed by atoms with E-state index in [-0.39, 0.29) is 52.6 Å². The first-order valence-electron chi connectivity index (χ1n) is 15.8. The molecular weight excluding hydrogens is 518 g/mol. The van der Waals surface area contributed by atoms with Crippen LogP contribution in [-0.2, 0) is 4.79 Å². The Balaban J connectivity index is 1.13. The van der Waals surface area contributed by atoms with Crippen LogP contribution >= 0.6 is 0 Å². The molecule has 7 nitrogen and oxygen atoms in total. The molecule has 4 aliphatic rings. The summed E-state index contributed by atoms with van der Waals surface area (Å²) in [5.74, 6) is 1.54. The third kappa shape index (κ3) is 4.76. The molecule has 4 fully saturated rings. The van der Waals surface area contributed by atoms with Crippen molar-refractivity contribution >= 4 is 22.6 Å². The van der Waals surface area contributed by atoms with Crippen LogP contribution in [-0.4, -0.2) is 39.5 Å². The van der Waals surface area contributed by atoms with Crippen LogP contribution in [0.3, 0.4) is 0 Å². The molecule has 6 rings (SSSR count). The molecule has 7 heteroatoms. The van der Waals surface area contributed by atoms with E-state index in [1.165, 1.54) is 6.07 Å². The third-order valence-corrected chi connectivity index (χ3v) is 12.6. The van der Waals surface area contributed by atoms with E-state index in [1.807, 2.05) is 19.1 Å². The fourth-order valence-electron chi connectivity index (χ4n) is 10.3. The second kappa shape index (κ2) is 10.5. The standard InChI is InChI=1S/C34H47NO6/c1-18(5-10-30(39)35-21-6-7-23-19(2)13-31(40)41-28(23)16-21)24-8-9-25-32-26(17-29(38)34(24,25)4)33(3)12-11-22(36)14-20(33)15-27(32)37/h6-7,13,16,18,20,22,24-27,29,32,36-38H,5,8-12,14-15,17H2,1-4H3,(H,35,39)/t18-,20+,22-,24-,25+,26?,27-,29+,32?,33+,34-/m1/s1. The Morgan fingerprint density at radius 3 is 2.63 bits per heavy atom. The molecule has 0 spiro atoms. The molecule has 4 N–H and O–H groups in total. The molecule has 1 aromatic heterocycles. The minimum Gasteiger partial charge on any atom is -0.423 e. The van der Waals surface area contributed by atoms with Gasteiger partial charge in [0.05, 0.1) is 18.3 Å². The van der Waals surface area contributed by atoms with Crippen LogP contribution < -0.4 is 10.9 Å². The highest BCUT2D eigenvalue weighted by molar-refractivity contribution is 5.93. The van der Waals surface area contributed by atoms with Crippen molar-refractivity contribution < 1.29 is 24.5 Å². The van der Waals surface area contributed by atoms with Crippen molar-refractivity contribution in [3.8, 4) is 0 Å². The maximum atomic E-state index is 12.9. The highest BCUT2D eigenvalue weighted by Gasteiger charge is 2.65. The number of aliphatic hydroxyl groups is 3. The zero-order chi connectivity index (χ0) is 29.3. The van der Waals surface area contributed by atoms with E-state index in [4.69, 9.17) is 4.42 Å². The smallest absolute Gasteiger partial charge is 0.336 e. The fourth-order valence-corrected chi connectivity index (χ4v) is 10.3. The zero-order valence-electron chi connectivity index (χ0n) is 24.9. The van der Waals surface area contributed by atoms with Gasteiger partial charge in [-0.2, -0.15) is 0 Å². The van der Waals surface area contributed by atoms with Gasteiger partial charge in [0.2, 0.25) is 5.91 Å². The number of carbonyl (C=O) groups is 1. The zero-order valence-corrected chi connectivity index (χ0v) is 24.9. The van der Waals surface area contributed by atoms with E-state index in [0.29, 0.717) is 29.5 Å². The number of fused-ring (bicyclic) bond motifs is 6. The third-order valence-electron chi connectivity index (χ3n) is 12.6. The van der Waals surface area contributed by atoms with Crippen LogP contribution in [0, 0.1) is 53.3 Å². The number of aryl methyl sites for hydroxylation is 1. The van der Waals surface area contributed by atoms with Crippen molar-refractivity contribution in [3.63, 3.8) is 0 Å². The lowest BCUT2D eigenvalue weighted by Gasteiger charge is -2.63. The number of hydrogen-bond donors (Lipinski definition) is 4. The van der Waals surface area contributed by atoms with Gasteiger partial charge in [-0.25, -0.2) is 4.79 Å². The second-order valence-corrected chi connectivity index (χ2v) is 14.5. The van der Waals surface area contributed by atoms with Crippen LogP contribution in [0.2, 0.25) is 0 Å². The van der Waals surface area contributed by atoms with Gasteiger partial charge in [0, 0.05) is 29.6 Å². The number of carbonyl (C=O) groups excluding carboxylic acids is 1. The van der Waals surface area contributed by atoms with Crippen molar-refractivity contribution in [3.05, 3.63) is 40.2 Å². The van der Waals surface area contributed by atoms with Crippen LogP contribution in [0.25, 0.3) is 11.0 Å². The first kappa shape index (κ1) is 28.9. The molecule has 0 aliphatic heterocycles. The predicted molar refractivity (Wildman–Crippen MR) is 158 cm³/mol. The second-order valence-electron chi connectivity index (χ2n) is 14.5. The number of hydrogen-bond acceptors (Lipinski definition) is 6. The van der Waals surface area contributed by atoms with E-state index in [1.54, 1.807) is 6.07 Å². The minimum atomic E-state index is -0.428. The lowest BCUT2D eigenvalue weighted by molar-refractivity contribution is -0.207. The molecule has 0 bridgehead atoms. The topological polar surface area (TPSA) is 120 Å². The van der Waals surface area contributed by atoms with Crippen molar-refractivity contribution in [1.82, 2.24) is 0 Å². The lowest BCUT2D eigenvalue weighted by atomic mass is 9.43. The van der Waals surface area contributed by atoms with Crippen molar-refractivity contribution in [1.29, 1.82) is 0 Å². The van der Waals surface area contributed by atoms with Gasteiger partial charge in [-0.15, -0.1) is 0 Å². The van der Waals surface area contributed by atoms with E-state index in [9.17, 15) is 24.9 Å². The van der Waals surface area contributed by atoms with Gasteiger partial charge in [-0.3, -0.25) is 4.79 Å². The number of aliphatic hydroxyl groups excluding tert-OH is 3. The summed E-state index contributed by atoms with van der Waals surface area (Å²) in [7, 11) is 0. The Morgan fingerprint density at radius 1 is 1.07 bits per heavy atom. The summed E-state index contributed by atoms with van der Waals surface area (Å²) >= 11 is 0. The van der Waals surface area contributed by atoms with Gasteiger partial charge in [-0.1, -0.05) is 20.8 Å². The summed E-state index contributed by atoms with van der Waals surface area (Å²) in [6.45, 7) is 8.70. The summed E-state index contributed by atoms with van der Waals surface area (Å²) in [5.41, 5.74) is 1.30. The van der Waals surface area contributed by atoms with E-state index >= 15 is 0 Å². The Morgan fingerprint density at radius 2 is 1.85 bits per heavy atom. The normalized spacial score (nSPS) is 40.9. The Kier molecular flexibility index (Phi) is 7.39. The van der Waals surface area contributed by atoms with Gasteiger partial charge in [0.1, 0.15) is 5.58 Å². The monoisotopic (exact) mass is 565 g/mol. The Bertz CT molecular complexity index is 1370. The van der Waals surface area contributed by atoms with Crippen molar-refractivity contribution in [2.75, 3.05) is 5.32 Å². The van der Waals surface area contributed by atoms with Crippen molar-refractivity contribution in [2.24, 2.45) is 46.3 Å². The molecule has 41 heavy (non-hydrogen) atoms. The molecule has 0 radical (unpaired) electrons. The summed E-state index contributed by atoms with van der Waals surface area (Å²) in [6.07, 6.45) is 6.09. The van der Waals surface area contributed by atoms with Crippen LogP contribution in [0.4, 0.5) is 5.69 Å². The van der Waals surface area contributed by atoms with E-state index in [2.05, 4.69) is 26.1 Å². The van der Waals surface area contributed by atoms with Gasteiger partial charge in [0.25, 0.3) is 0 Å². The SMILES string of the molecule is Cc1cc(=O)oc2cc(NC(=O)CC[C@@H](C)[C@H]3CC[C@H]4C5C(C[C@H](O)[C@]34C)[C@@]3(C)CC[C@@H](O)C[C@H]3C[C@H]5O)ccc12. The lowest BCUT2D eigenvalue weighted by Crippen LogP contribution is -2.62. The predicted octanol–water partition coefficient (Wildman–Crippen LogP) is 5.42. The first-order valence-corrected chi connectivity index (χ1v) is 15.8. The number of anilines is 1. The highest BCUT2D eigenvalue weighted by Crippen LogP contribution is 2.68. The van der Waals surface area contributed by atoms with Crippen molar-refractivity contribution in [2.45, 2.75) is 104 Å². The average molecular weight is 566 g/mol. The van der Waals surface area contributed by atoms with Crippen LogP contribution in [0.15, 0.2) is 33.5 Å². The molecule has 1 amide bonds. The number of nitrogens with one attached hydrogen (secondary N) is 1. The molecule has 224 valence electrons. The number of rotatable bonds is 5. The summed E-state index contributed by atoms with van der Waals surface area (Å²) < 4.78 is 5.33. The molecule has 2 unspecified atom stereocenters. The van der Waals surface area contributed by atoms with Gasteiger partial charge in [0.15, 0.2) is 0 Å². The van der Waals surface area contributed by atoms with Crippen LogP contribution in [0.5, 0.6) is 0 Å². The Labute approximate surface area is 242 Å². The largest absolute Gasteiger partial charge is 0.423 e. The fraction of sp³-hybridized carbons (Fsp3) is 0.706. The minimum absolute atomic E-state index is 0.0667. The summed E-state index contributed by atoms with van der Waals surface area (Å²) in [6, 6.07) is 6.87. The number of benzene rings is 1. The first-order chi connectivity index (χ1) is 19.4. The molecule has 4 saturated carbocycles. The highest BCUT2D eigenvalue weighted by atomic mass is 16.4. The average Bonchev–Trinajstić information content (AvgIpc) is 3.27. The van der Waals surface area contributed by atoms with E-state index < -0.39 is 11.7 Å². The van der Waals surface area contributed by atoms with Gasteiger partial charge < -0.3 is 25.1 Å². The maximum absolute atomic E-state index is 12.9. The molecule has 4 aliphatic carbocycles. The number of amides is 1. The molecule has 0 saturated heterocycles. The van der Waals surface area contributed by atoms with E-state index in [0.717, 1.165) is 62.3 Å². The maximum Gasteiger partial charge on any atom is 0.336 e. The quantitative estimate of drug-likeness (QED) is 0.360. The molecular formula is C34H47NO6. The Hall–Kier alpha value is -2.22. The molecule has 2 aromatic rings. The van der Waals surface area contributed by atoms with Gasteiger partial charge >= 0.3 is 5.63 Å². The molecule has 1 heterocycles. The summed E-state index contributed by atoms with van der Waals surface area (Å²) in [4.78, 5) is 24.7.